The summed E-state index contributed by atoms with van der Waals surface area (Å²) in [6.07, 6.45) is 4.69. The molecule has 1 N–H and O–H groups in total. The Hall–Kier alpha value is -2.18. The largest absolute Gasteiger partial charge is 0.345 e. The van der Waals surface area contributed by atoms with Crippen molar-refractivity contribution in [2.45, 2.75) is 63.8 Å². The Balaban J connectivity index is 1.86. The first-order valence-electron chi connectivity index (χ1n) is 11.3. The van der Waals surface area contributed by atoms with Crippen LogP contribution < -0.4 is 5.32 Å². The number of sulfonamides is 1. The highest BCUT2D eigenvalue weighted by atomic mass is 32.2. The van der Waals surface area contributed by atoms with Crippen LogP contribution in [0.1, 0.15) is 73.5 Å². The van der Waals surface area contributed by atoms with E-state index in [2.05, 4.69) is 19.2 Å². The van der Waals surface area contributed by atoms with Gasteiger partial charge < -0.3 is 5.32 Å². The molecule has 2 aromatic rings. The van der Waals surface area contributed by atoms with Crippen LogP contribution >= 0.6 is 0 Å². The summed E-state index contributed by atoms with van der Waals surface area (Å²) < 4.78 is 28.2. The van der Waals surface area contributed by atoms with Crippen molar-refractivity contribution in [3.05, 3.63) is 65.2 Å². The van der Waals surface area contributed by atoms with E-state index in [0.29, 0.717) is 30.1 Å². The quantitative estimate of drug-likeness (QED) is 0.650. The first-order valence-corrected chi connectivity index (χ1v) is 12.7. The van der Waals surface area contributed by atoms with Gasteiger partial charge in [0.15, 0.2) is 0 Å². The van der Waals surface area contributed by atoms with Crippen molar-refractivity contribution in [1.29, 1.82) is 0 Å². The minimum absolute atomic E-state index is 0.124. The second-order valence-electron chi connectivity index (χ2n) is 8.86. The molecule has 6 heteroatoms. The smallest absolute Gasteiger partial charge is 0.251 e. The lowest BCUT2D eigenvalue weighted by atomic mass is 9.96. The summed E-state index contributed by atoms with van der Waals surface area (Å²) in [5, 5.41) is 3.12. The Kier molecular flexibility index (Phi) is 7.89. The van der Waals surface area contributed by atoms with E-state index in [1.54, 1.807) is 29.4 Å². The number of nitrogens with one attached hydrogen (secondary N) is 1. The van der Waals surface area contributed by atoms with Crippen LogP contribution in [0.4, 0.5) is 0 Å². The number of aryl methyl sites for hydroxylation is 1. The van der Waals surface area contributed by atoms with Crippen LogP contribution in [0.5, 0.6) is 0 Å². The highest BCUT2D eigenvalue weighted by Gasteiger charge is 2.28. The number of carbonyl (C=O) groups is 1. The summed E-state index contributed by atoms with van der Waals surface area (Å²) in [6, 6.07) is 14.8. The van der Waals surface area contributed by atoms with Crippen LogP contribution in [-0.4, -0.2) is 31.7 Å². The fourth-order valence-corrected chi connectivity index (χ4v) is 5.88. The molecule has 1 aliphatic rings. The van der Waals surface area contributed by atoms with E-state index >= 15 is 0 Å². The summed E-state index contributed by atoms with van der Waals surface area (Å²) in [4.78, 5) is 13.4. The third-order valence-corrected chi connectivity index (χ3v) is 7.89. The lowest BCUT2D eigenvalue weighted by molar-refractivity contribution is 0.0931. The van der Waals surface area contributed by atoms with Crippen molar-refractivity contribution >= 4 is 15.9 Å². The van der Waals surface area contributed by atoms with Crippen LogP contribution in [0.15, 0.2) is 53.4 Å². The van der Waals surface area contributed by atoms with Gasteiger partial charge in [0.25, 0.3) is 5.91 Å². The number of rotatable bonds is 7. The van der Waals surface area contributed by atoms with Crippen molar-refractivity contribution < 1.29 is 13.2 Å². The summed E-state index contributed by atoms with van der Waals surface area (Å²) >= 11 is 0. The van der Waals surface area contributed by atoms with Crippen molar-refractivity contribution in [2.75, 3.05) is 13.1 Å². The number of amides is 1. The summed E-state index contributed by atoms with van der Waals surface area (Å²) in [7, 11) is -3.62. The van der Waals surface area contributed by atoms with Crippen molar-refractivity contribution in [3.8, 4) is 0 Å². The highest BCUT2D eigenvalue weighted by molar-refractivity contribution is 7.89. The van der Waals surface area contributed by atoms with Gasteiger partial charge in [0.05, 0.1) is 10.9 Å². The fraction of sp³-hybridized carbons (Fsp3) is 0.480. The van der Waals surface area contributed by atoms with E-state index in [9.17, 15) is 13.2 Å². The number of hydrogen-bond donors (Lipinski definition) is 1. The van der Waals surface area contributed by atoms with Gasteiger partial charge in [-0.25, -0.2) is 8.42 Å². The standard InChI is InChI=1S/C25H34N2O3S/c1-19(2)17-23(21-11-7-6-8-12-21)26-25(28)22-14-13-20(3)24(18-22)31(29,30)27-15-9-4-5-10-16-27/h6-8,11-14,18-19,23H,4-5,9-10,15-17H2,1-3H3,(H,26,28)/t23-/m0/s1. The maximum atomic E-state index is 13.3. The van der Waals surface area contributed by atoms with Crippen molar-refractivity contribution in [3.63, 3.8) is 0 Å². The predicted molar refractivity (Wildman–Crippen MR) is 125 cm³/mol. The summed E-state index contributed by atoms with van der Waals surface area (Å²) in [5.41, 5.74) is 2.10. The van der Waals surface area contributed by atoms with Gasteiger partial charge in [-0.3, -0.25) is 4.79 Å². The van der Waals surface area contributed by atoms with Gasteiger partial charge in [-0.1, -0.05) is 63.1 Å². The average Bonchev–Trinajstić information content (AvgIpc) is 3.04. The van der Waals surface area contributed by atoms with Crippen LogP contribution in [0.3, 0.4) is 0 Å². The molecule has 31 heavy (non-hydrogen) atoms. The molecule has 1 atom stereocenters. The molecule has 0 radical (unpaired) electrons. The molecule has 1 amide bonds. The Morgan fingerprint density at radius 2 is 1.65 bits per heavy atom. The second kappa shape index (κ2) is 10.4. The molecule has 0 unspecified atom stereocenters. The van der Waals surface area contributed by atoms with Crippen LogP contribution in [0, 0.1) is 12.8 Å². The lowest BCUT2D eigenvalue weighted by Gasteiger charge is -2.23. The Morgan fingerprint density at radius 3 is 2.26 bits per heavy atom. The molecule has 0 spiro atoms. The van der Waals surface area contributed by atoms with Gasteiger partial charge >= 0.3 is 0 Å². The Labute approximate surface area is 186 Å². The summed E-state index contributed by atoms with van der Waals surface area (Å²) in [6.45, 7) is 7.13. The molecule has 168 valence electrons. The third-order valence-electron chi connectivity index (χ3n) is 5.85. The zero-order valence-corrected chi connectivity index (χ0v) is 19.6. The molecule has 1 saturated heterocycles. The molecular weight excluding hydrogens is 408 g/mol. The molecular formula is C25H34N2O3S. The number of carbonyl (C=O) groups excluding carboxylic acids is 1. The average molecular weight is 443 g/mol. The Bertz CT molecular complexity index is 979. The monoisotopic (exact) mass is 442 g/mol. The van der Waals surface area contributed by atoms with Gasteiger partial charge in [-0.2, -0.15) is 4.31 Å². The molecule has 0 bridgehead atoms. The third kappa shape index (κ3) is 5.95. The SMILES string of the molecule is Cc1ccc(C(=O)N[C@@H](CC(C)C)c2ccccc2)cc1S(=O)(=O)N1CCCCCC1. The van der Waals surface area contributed by atoms with E-state index in [0.717, 1.165) is 37.7 Å². The van der Waals surface area contributed by atoms with E-state index < -0.39 is 10.0 Å². The molecule has 5 nitrogen and oxygen atoms in total. The van der Waals surface area contributed by atoms with Crippen LogP contribution in [0.2, 0.25) is 0 Å². The molecule has 1 aliphatic heterocycles. The van der Waals surface area contributed by atoms with E-state index in [1.807, 2.05) is 30.3 Å². The maximum Gasteiger partial charge on any atom is 0.251 e. The lowest BCUT2D eigenvalue weighted by Crippen LogP contribution is -2.33. The number of nitrogens with zero attached hydrogens (tertiary/aromatic N) is 1. The van der Waals surface area contributed by atoms with E-state index in [4.69, 9.17) is 0 Å². The molecule has 3 rings (SSSR count). The second-order valence-corrected chi connectivity index (χ2v) is 10.8. The minimum atomic E-state index is -3.62. The fourth-order valence-electron chi connectivity index (χ4n) is 4.12. The van der Waals surface area contributed by atoms with Gasteiger partial charge in [-0.15, -0.1) is 0 Å². The van der Waals surface area contributed by atoms with Gasteiger partial charge in [0.2, 0.25) is 10.0 Å². The number of benzene rings is 2. The van der Waals surface area contributed by atoms with Crippen LogP contribution in [-0.2, 0) is 10.0 Å². The number of hydrogen-bond acceptors (Lipinski definition) is 3. The first kappa shape index (κ1) is 23.5. The van der Waals surface area contributed by atoms with E-state index in [-0.39, 0.29) is 16.8 Å². The molecule has 1 heterocycles. The molecule has 0 aromatic heterocycles. The Morgan fingerprint density at radius 1 is 1.00 bits per heavy atom. The van der Waals surface area contributed by atoms with Gasteiger partial charge in [0.1, 0.15) is 0 Å². The van der Waals surface area contributed by atoms with Gasteiger partial charge in [0, 0.05) is 18.7 Å². The zero-order valence-electron chi connectivity index (χ0n) is 18.8. The topological polar surface area (TPSA) is 66.5 Å². The minimum Gasteiger partial charge on any atom is -0.345 e. The molecule has 2 aromatic carbocycles. The molecule has 0 saturated carbocycles. The predicted octanol–water partition coefficient (Wildman–Crippen LogP) is 5.08. The maximum absolute atomic E-state index is 13.3. The van der Waals surface area contributed by atoms with Gasteiger partial charge in [-0.05, 0) is 55.4 Å². The first-order chi connectivity index (χ1) is 14.8. The van der Waals surface area contributed by atoms with Crippen molar-refractivity contribution in [2.24, 2.45) is 5.92 Å². The summed E-state index contributed by atoms with van der Waals surface area (Å²) in [5.74, 6) is 0.157. The highest BCUT2D eigenvalue weighted by Crippen LogP contribution is 2.26. The molecule has 1 fully saturated rings. The zero-order chi connectivity index (χ0) is 22.4. The van der Waals surface area contributed by atoms with Crippen LogP contribution in [0.25, 0.3) is 0 Å². The normalized spacial score (nSPS) is 16.6. The van der Waals surface area contributed by atoms with E-state index in [1.165, 1.54) is 0 Å². The molecule has 0 aliphatic carbocycles. The van der Waals surface area contributed by atoms with Crippen molar-refractivity contribution in [1.82, 2.24) is 9.62 Å².